The van der Waals surface area contributed by atoms with Crippen molar-refractivity contribution in [3.8, 4) is 5.69 Å². The maximum Gasteiger partial charge on any atom is 0.227 e. The van der Waals surface area contributed by atoms with E-state index in [0.717, 1.165) is 15.7 Å². The third kappa shape index (κ3) is 2.94. The molecule has 0 aliphatic heterocycles. The fourth-order valence-corrected chi connectivity index (χ4v) is 3.82. The Morgan fingerprint density at radius 3 is 2.17 bits per heavy atom. The third-order valence-corrected chi connectivity index (χ3v) is 5.82. The summed E-state index contributed by atoms with van der Waals surface area (Å²) in [5.41, 5.74) is 2.23. The quantitative estimate of drug-likeness (QED) is 0.685. The molecule has 0 aliphatic rings. The Morgan fingerprint density at radius 1 is 0.957 bits per heavy atom. The van der Waals surface area contributed by atoms with Crippen molar-refractivity contribution in [3.63, 3.8) is 0 Å². The molecule has 118 valence electrons. The van der Waals surface area contributed by atoms with Gasteiger partial charge < -0.3 is 0 Å². The maximum atomic E-state index is 12.7. The van der Waals surface area contributed by atoms with Crippen molar-refractivity contribution in [2.24, 2.45) is 0 Å². The molecule has 1 heterocycles. The molecule has 3 aromatic rings. The molecule has 0 unspecified atom stereocenters. The summed E-state index contributed by atoms with van der Waals surface area (Å²) in [6.07, 6.45) is 0. The molecule has 5 nitrogen and oxygen atoms in total. The first-order valence-corrected chi connectivity index (χ1v) is 9.17. The van der Waals surface area contributed by atoms with Crippen LogP contribution in [-0.2, 0) is 9.84 Å². The predicted molar refractivity (Wildman–Crippen MR) is 90.4 cm³/mol. The van der Waals surface area contributed by atoms with E-state index in [1.165, 1.54) is 4.68 Å². The van der Waals surface area contributed by atoms with E-state index in [9.17, 15) is 8.42 Å². The van der Waals surface area contributed by atoms with Crippen LogP contribution in [0, 0.1) is 13.8 Å². The number of aryl methyl sites for hydroxylation is 1. The minimum absolute atomic E-state index is 0.0238. The van der Waals surface area contributed by atoms with Gasteiger partial charge in [0.15, 0.2) is 0 Å². The number of halogens is 1. The fourth-order valence-electron chi connectivity index (χ4n) is 2.22. The molecule has 0 amide bonds. The first-order chi connectivity index (χ1) is 10.9. The van der Waals surface area contributed by atoms with E-state index in [0.29, 0.717) is 5.69 Å². The number of rotatable bonds is 3. The first-order valence-electron chi connectivity index (χ1n) is 6.89. The Bertz CT molecular complexity index is 946. The van der Waals surface area contributed by atoms with Crippen LogP contribution in [0.3, 0.4) is 0 Å². The Balaban J connectivity index is 2.08. The van der Waals surface area contributed by atoms with Crippen LogP contribution in [0.15, 0.2) is 62.9 Å². The van der Waals surface area contributed by atoms with Crippen molar-refractivity contribution in [1.29, 1.82) is 0 Å². The number of hydrogen-bond donors (Lipinski definition) is 0. The van der Waals surface area contributed by atoms with Crippen molar-refractivity contribution >= 4 is 25.8 Å². The van der Waals surface area contributed by atoms with Crippen LogP contribution in [0.5, 0.6) is 0 Å². The summed E-state index contributed by atoms with van der Waals surface area (Å²) in [5, 5.41) is 7.87. The SMILES string of the molecule is Cc1ccc(S(=O)(=O)c2nnn(-c3ccc(Br)cc3)c2C)cc1. The second kappa shape index (κ2) is 5.90. The van der Waals surface area contributed by atoms with Gasteiger partial charge in [-0.3, -0.25) is 0 Å². The van der Waals surface area contributed by atoms with Gasteiger partial charge in [0.1, 0.15) is 0 Å². The highest BCUT2D eigenvalue weighted by Crippen LogP contribution is 2.24. The van der Waals surface area contributed by atoms with Crippen LogP contribution >= 0.6 is 15.9 Å². The zero-order chi connectivity index (χ0) is 16.6. The van der Waals surface area contributed by atoms with Gasteiger partial charge >= 0.3 is 0 Å². The van der Waals surface area contributed by atoms with Gasteiger partial charge in [0.05, 0.1) is 16.3 Å². The van der Waals surface area contributed by atoms with Gasteiger partial charge in [-0.2, -0.15) is 0 Å². The highest BCUT2D eigenvalue weighted by atomic mass is 79.9. The van der Waals surface area contributed by atoms with Crippen molar-refractivity contribution in [2.45, 2.75) is 23.8 Å². The average Bonchev–Trinajstić information content (AvgIpc) is 2.91. The van der Waals surface area contributed by atoms with E-state index < -0.39 is 9.84 Å². The van der Waals surface area contributed by atoms with Crippen LogP contribution in [0.1, 0.15) is 11.3 Å². The van der Waals surface area contributed by atoms with Crippen LogP contribution in [0.4, 0.5) is 0 Å². The van der Waals surface area contributed by atoms with Crippen LogP contribution in [0.25, 0.3) is 5.69 Å². The summed E-state index contributed by atoms with van der Waals surface area (Å²) in [4.78, 5) is 0.217. The fraction of sp³-hybridized carbons (Fsp3) is 0.125. The highest BCUT2D eigenvalue weighted by molar-refractivity contribution is 9.10. The summed E-state index contributed by atoms with van der Waals surface area (Å²) in [7, 11) is -3.69. The molecule has 0 spiro atoms. The molecule has 0 aliphatic carbocycles. The second-order valence-electron chi connectivity index (χ2n) is 5.18. The molecule has 0 fully saturated rings. The van der Waals surface area contributed by atoms with E-state index in [2.05, 4.69) is 26.2 Å². The molecular weight excluding hydrogens is 378 g/mol. The summed E-state index contributed by atoms with van der Waals surface area (Å²) < 4.78 is 27.9. The van der Waals surface area contributed by atoms with E-state index in [1.807, 2.05) is 31.2 Å². The zero-order valence-electron chi connectivity index (χ0n) is 12.6. The lowest BCUT2D eigenvalue weighted by Crippen LogP contribution is -2.05. The van der Waals surface area contributed by atoms with Gasteiger partial charge in [-0.05, 0) is 50.2 Å². The largest absolute Gasteiger partial charge is 0.227 e. The number of hydrogen-bond acceptors (Lipinski definition) is 4. The number of nitrogens with zero attached hydrogens (tertiary/aromatic N) is 3. The van der Waals surface area contributed by atoms with Crippen LogP contribution in [0.2, 0.25) is 0 Å². The first kappa shape index (κ1) is 15.9. The van der Waals surface area contributed by atoms with Gasteiger partial charge in [0, 0.05) is 4.47 Å². The lowest BCUT2D eigenvalue weighted by molar-refractivity contribution is 0.591. The molecule has 1 aromatic heterocycles. The molecular formula is C16H14BrN3O2S. The molecule has 0 bridgehead atoms. The molecule has 0 saturated carbocycles. The molecule has 0 radical (unpaired) electrons. The molecule has 0 N–H and O–H groups in total. The van der Waals surface area contributed by atoms with Gasteiger partial charge in [0.25, 0.3) is 0 Å². The number of benzene rings is 2. The Morgan fingerprint density at radius 2 is 1.57 bits per heavy atom. The minimum atomic E-state index is -3.69. The molecule has 0 saturated heterocycles. The highest BCUT2D eigenvalue weighted by Gasteiger charge is 2.25. The predicted octanol–water partition coefficient (Wildman–Crippen LogP) is 3.48. The third-order valence-electron chi connectivity index (χ3n) is 3.51. The van der Waals surface area contributed by atoms with Crippen molar-refractivity contribution in [2.75, 3.05) is 0 Å². The monoisotopic (exact) mass is 391 g/mol. The van der Waals surface area contributed by atoms with E-state index in [1.54, 1.807) is 31.2 Å². The molecule has 23 heavy (non-hydrogen) atoms. The number of aromatic nitrogens is 3. The summed E-state index contributed by atoms with van der Waals surface area (Å²) in [6.45, 7) is 3.61. The van der Waals surface area contributed by atoms with E-state index in [4.69, 9.17) is 0 Å². The van der Waals surface area contributed by atoms with Crippen molar-refractivity contribution in [3.05, 3.63) is 64.3 Å². The average molecular weight is 392 g/mol. The smallest absolute Gasteiger partial charge is 0.217 e. The van der Waals surface area contributed by atoms with E-state index >= 15 is 0 Å². The lowest BCUT2D eigenvalue weighted by atomic mass is 10.2. The van der Waals surface area contributed by atoms with Crippen LogP contribution < -0.4 is 0 Å². The van der Waals surface area contributed by atoms with E-state index in [-0.39, 0.29) is 9.92 Å². The standard InChI is InChI=1S/C16H14BrN3O2S/c1-11-3-9-15(10-4-11)23(21,22)16-12(2)20(19-18-16)14-7-5-13(17)6-8-14/h3-10H,1-2H3. The molecule has 0 atom stereocenters. The molecule has 3 rings (SSSR count). The summed E-state index contributed by atoms with van der Waals surface area (Å²) in [5.74, 6) is 0. The van der Waals surface area contributed by atoms with Gasteiger partial charge in [-0.1, -0.05) is 38.8 Å². The number of sulfone groups is 1. The Hall–Kier alpha value is -1.99. The van der Waals surface area contributed by atoms with Gasteiger partial charge in [-0.25, -0.2) is 13.1 Å². The molecule has 2 aromatic carbocycles. The van der Waals surface area contributed by atoms with Crippen molar-refractivity contribution in [1.82, 2.24) is 15.0 Å². The normalized spacial score (nSPS) is 11.6. The Kier molecular flexibility index (Phi) is 4.08. The van der Waals surface area contributed by atoms with Crippen molar-refractivity contribution < 1.29 is 8.42 Å². The minimum Gasteiger partial charge on any atom is -0.217 e. The van der Waals surface area contributed by atoms with Gasteiger partial charge in [-0.15, -0.1) is 5.10 Å². The maximum absolute atomic E-state index is 12.7. The summed E-state index contributed by atoms with van der Waals surface area (Å²) >= 11 is 3.37. The topological polar surface area (TPSA) is 64.8 Å². The van der Waals surface area contributed by atoms with Gasteiger partial charge in [0.2, 0.25) is 14.9 Å². The lowest BCUT2D eigenvalue weighted by Gasteiger charge is -2.05. The summed E-state index contributed by atoms with van der Waals surface area (Å²) in [6, 6.07) is 14.1. The Labute approximate surface area is 143 Å². The second-order valence-corrected chi connectivity index (χ2v) is 7.97. The molecule has 7 heteroatoms. The zero-order valence-corrected chi connectivity index (χ0v) is 15.0. The van der Waals surface area contributed by atoms with Crippen LogP contribution in [-0.4, -0.2) is 23.4 Å².